The van der Waals surface area contributed by atoms with Crippen molar-refractivity contribution in [2.24, 2.45) is 0 Å². The molecule has 0 bridgehead atoms. The number of imidazole rings is 1. The van der Waals surface area contributed by atoms with Crippen molar-refractivity contribution in [1.82, 2.24) is 19.5 Å². The summed E-state index contributed by atoms with van der Waals surface area (Å²) in [6.07, 6.45) is -1.62. The van der Waals surface area contributed by atoms with E-state index in [1.807, 2.05) is 0 Å². The minimum Gasteiger partial charge on any atom is -0.393 e. The summed E-state index contributed by atoms with van der Waals surface area (Å²) in [4.78, 5) is 11.8. The molecule has 104 valence electrons. The molecule has 0 aromatic carbocycles. The lowest BCUT2D eigenvalue weighted by Crippen LogP contribution is -2.31. The Labute approximate surface area is 107 Å². The van der Waals surface area contributed by atoms with Crippen LogP contribution in [0.3, 0.4) is 0 Å². The summed E-state index contributed by atoms with van der Waals surface area (Å²) in [5, 5.41) is 17.7. The van der Waals surface area contributed by atoms with Crippen LogP contribution in [0.5, 0.6) is 0 Å². The van der Waals surface area contributed by atoms with E-state index in [1.54, 1.807) is 6.92 Å². The smallest absolute Gasteiger partial charge is 0.225 e. The lowest BCUT2D eigenvalue weighted by atomic mass is 10.4. The molecule has 2 rings (SSSR count). The number of ether oxygens (including phenoxy) is 1. The molecule has 0 saturated carbocycles. The van der Waals surface area contributed by atoms with Crippen LogP contribution in [0.15, 0.2) is 12.7 Å². The third-order valence-electron chi connectivity index (χ3n) is 2.64. The van der Waals surface area contributed by atoms with Crippen LogP contribution in [0.2, 0.25) is 0 Å². The summed E-state index contributed by atoms with van der Waals surface area (Å²) in [5.41, 5.74) is 6.46. The SMILES string of the molecule is C[C@@H](OC(CO)[C@H](O)F)n1cnc2c(N)ncnc21. The molecule has 9 heteroatoms. The van der Waals surface area contributed by atoms with Gasteiger partial charge in [0.25, 0.3) is 0 Å². The van der Waals surface area contributed by atoms with Crippen LogP contribution in [0, 0.1) is 0 Å². The van der Waals surface area contributed by atoms with Gasteiger partial charge in [0, 0.05) is 0 Å². The van der Waals surface area contributed by atoms with Gasteiger partial charge in [-0.05, 0) is 6.92 Å². The molecule has 0 spiro atoms. The zero-order valence-electron chi connectivity index (χ0n) is 10.1. The van der Waals surface area contributed by atoms with Crippen molar-refractivity contribution in [1.29, 1.82) is 0 Å². The number of aliphatic hydroxyl groups is 2. The Morgan fingerprint density at radius 1 is 1.47 bits per heavy atom. The lowest BCUT2D eigenvalue weighted by Gasteiger charge is -2.22. The fourth-order valence-electron chi connectivity index (χ4n) is 1.65. The second-order valence-corrected chi connectivity index (χ2v) is 3.91. The van der Waals surface area contributed by atoms with E-state index >= 15 is 0 Å². The molecule has 2 aromatic heterocycles. The molecule has 0 saturated heterocycles. The van der Waals surface area contributed by atoms with E-state index in [9.17, 15) is 4.39 Å². The molecule has 2 aromatic rings. The molecule has 0 amide bonds. The summed E-state index contributed by atoms with van der Waals surface area (Å²) in [5.74, 6) is 0.222. The fourth-order valence-corrected chi connectivity index (χ4v) is 1.65. The van der Waals surface area contributed by atoms with Gasteiger partial charge in [-0.3, -0.25) is 4.57 Å². The first-order valence-electron chi connectivity index (χ1n) is 5.56. The van der Waals surface area contributed by atoms with Gasteiger partial charge >= 0.3 is 0 Å². The number of nitrogens with two attached hydrogens (primary N) is 1. The van der Waals surface area contributed by atoms with Crippen molar-refractivity contribution in [2.75, 3.05) is 12.3 Å². The molecule has 8 nitrogen and oxygen atoms in total. The van der Waals surface area contributed by atoms with E-state index in [0.29, 0.717) is 11.2 Å². The number of halogens is 1. The molecule has 19 heavy (non-hydrogen) atoms. The second kappa shape index (κ2) is 5.43. The molecule has 0 aliphatic heterocycles. The van der Waals surface area contributed by atoms with Gasteiger partial charge in [-0.1, -0.05) is 0 Å². The normalized spacial score (nSPS) is 16.4. The minimum absolute atomic E-state index is 0.222. The van der Waals surface area contributed by atoms with Crippen LogP contribution in [-0.2, 0) is 4.74 Å². The Kier molecular flexibility index (Phi) is 3.88. The maximum Gasteiger partial charge on any atom is 0.225 e. The number of nitrogens with zero attached hydrogens (tertiary/aromatic N) is 4. The van der Waals surface area contributed by atoms with Gasteiger partial charge < -0.3 is 20.7 Å². The van der Waals surface area contributed by atoms with Crippen LogP contribution in [0.4, 0.5) is 10.2 Å². The molecule has 2 heterocycles. The Hall–Kier alpha value is -1.84. The third kappa shape index (κ3) is 2.62. The zero-order chi connectivity index (χ0) is 14.0. The summed E-state index contributed by atoms with van der Waals surface area (Å²) in [6, 6.07) is 0. The van der Waals surface area contributed by atoms with Gasteiger partial charge in [0.1, 0.15) is 24.2 Å². The van der Waals surface area contributed by atoms with Crippen LogP contribution >= 0.6 is 0 Å². The number of rotatable bonds is 5. The highest BCUT2D eigenvalue weighted by atomic mass is 19.1. The van der Waals surface area contributed by atoms with Crippen LogP contribution < -0.4 is 5.73 Å². The number of fused-ring (bicyclic) bond motifs is 1. The van der Waals surface area contributed by atoms with E-state index in [-0.39, 0.29) is 5.82 Å². The standard InChI is InChI=1S/C10H14FN5O3/c1-5(19-6(2-17)8(11)18)16-4-15-7-9(12)13-3-14-10(7)16/h3-6,8,17-18H,2H2,1H3,(H2,12,13,14)/t5-,6?,8+/m1/s1. The molecule has 0 aliphatic rings. The van der Waals surface area contributed by atoms with Gasteiger partial charge in [0.2, 0.25) is 6.36 Å². The molecule has 0 fully saturated rings. The van der Waals surface area contributed by atoms with E-state index in [4.69, 9.17) is 20.7 Å². The first-order valence-corrected chi connectivity index (χ1v) is 5.56. The molecule has 0 aliphatic carbocycles. The van der Waals surface area contributed by atoms with E-state index in [2.05, 4.69) is 15.0 Å². The number of anilines is 1. The first kappa shape index (κ1) is 13.6. The van der Waals surface area contributed by atoms with Crippen molar-refractivity contribution in [3.05, 3.63) is 12.7 Å². The van der Waals surface area contributed by atoms with Crippen molar-refractivity contribution in [2.45, 2.75) is 25.6 Å². The first-order chi connectivity index (χ1) is 9.04. The monoisotopic (exact) mass is 271 g/mol. The van der Waals surface area contributed by atoms with Gasteiger partial charge in [0.05, 0.1) is 12.9 Å². The topological polar surface area (TPSA) is 119 Å². The highest BCUT2D eigenvalue weighted by molar-refractivity contribution is 5.81. The van der Waals surface area contributed by atoms with Gasteiger partial charge in [-0.25, -0.2) is 19.3 Å². The lowest BCUT2D eigenvalue weighted by molar-refractivity contribution is -0.154. The van der Waals surface area contributed by atoms with Crippen molar-refractivity contribution in [3.63, 3.8) is 0 Å². The van der Waals surface area contributed by atoms with Crippen molar-refractivity contribution < 1.29 is 19.3 Å². The zero-order valence-corrected chi connectivity index (χ0v) is 10.1. The van der Waals surface area contributed by atoms with Crippen LogP contribution in [-0.4, -0.2) is 48.8 Å². The Morgan fingerprint density at radius 2 is 2.21 bits per heavy atom. The molecule has 0 radical (unpaired) electrons. The Bertz CT molecular complexity index is 561. The minimum atomic E-state index is -2.28. The maximum absolute atomic E-state index is 12.7. The predicted octanol–water partition coefficient (Wildman–Crippen LogP) is -0.408. The number of nitrogen functional groups attached to an aromatic ring is 1. The number of aromatic nitrogens is 4. The summed E-state index contributed by atoms with van der Waals surface area (Å²) in [7, 11) is 0. The van der Waals surface area contributed by atoms with Gasteiger partial charge in [0.15, 0.2) is 11.5 Å². The van der Waals surface area contributed by atoms with Crippen molar-refractivity contribution >= 4 is 17.0 Å². The third-order valence-corrected chi connectivity index (χ3v) is 2.64. The summed E-state index contributed by atoms with van der Waals surface area (Å²) < 4.78 is 19.4. The van der Waals surface area contributed by atoms with Crippen LogP contribution in [0.1, 0.15) is 13.2 Å². The highest BCUT2D eigenvalue weighted by Crippen LogP contribution is 2.20. The maximum atomic E-state index is 12.7. The highest BCUT2D eigenvalue weighted by Gasteiger charge is 2.23. The molecular formula is C10H14FN5O3. The number of hydrogen-bond donors (Lipinski definition) is 3. The quantitative estimate of drug-likeness (QED) is 0.676. The van der Waals surface area contributed by atoms with Gasteiger partial charge in [-0.15, -0.1) is 0 Å². The molecule has 4 N–H and O–H groups in total. The van der Waals surface area contributed by atoms with Crippen LogP contribution in [0.25, 0.3) is 11.2 Å². The van der Waals surface area contributed by atoms with Gasteiger partial charge in [-0.2, -0.15) is 0 Å². The average molecular weight is 271 g/mol. The fraction of sp³-hybridized carbons (Fsp3) is 0.500. The Morgan fingerprint density at radius 3 is 2.84 bits per heavy atom. The number of aliphatic hydroxyl groups excluding tert-OH is 2. The average Bonchev–Trinajstić information content (AvgIpc) is 2.80. The largest absolute Gasteiger partial charge is 0.393 e. The molecular weight excluding hydrogens is 257 g/mol. The number of alkyl halides is 1. The Balaban J connectivity index is 2.27. The van der Waals surface area contributed by atoms with Crippen molar-refractivity contribution in [3.8, 4) is 0 Å². The van der Waals surface area contributed by atoms with E-state index in [0.717, 1.165) is 0 Å². The number of hydrogen-bond acceptors (Lipinski definition) is 7. The van der Waals surface area contributed by atoms with E-state index < -0.39 is 25.3 Å². The van der Waals surface area contributed by atoms with E-state index in [1.165, 1.54) is 17.2 Å². The summed E-state index contributed by atoms with van der Waals surface area (Å²) >= 11 is 0. The second-order valence-electron chi connectivity index (χ2n) is 3.91. The molecule has 1 unspecified atom stereocenters. The molecule has 3 atom stereocenters. The summed E-state index contributed by atoms with van der Waals surface area (Å²) in [6.45, 7) is 0.955. The predicted molar refractivity (Wildman–Crippen MR) is 63.5 cm³/mol.